The highest BCUT2D eigenvalue weighted by atomic mass is 33.1. The molecule has 0 saturated carbocycles. The molecule has 0 bridgehead atoms. The van der Waals surface area contributed by atoms with Crippen molar-refractivity contribution >= 4 is 92.0 Å². The molecule has 16 nitrogen and oxygen atoms in total. The molecule has 378 valence electrons. The average Bonchev–Trinajstić information content (AvgIpc) is 3.87. The summed E-state index contributed by atoms with van der Waals surface area (Å²) >= 11 is 0. The summed E-state index contributed by atoms with van der Waals surface area (Å²) in [4.78, 5) is 79.2. The van der Waals surface area contributed by atoms with Gasteiger partial charge in [0.2, 0.25) is 17.7 Å². The van der Waals surface area contributed by atoms with Gasteiger partial charge in [-0.2, -0.15) is 0 Å². The van der Waals surface area contributed by atoms with Crippen molar-refractivity contribution in [3.63, 3.8) is 0 Å². The van der Waals surface area contributed by atoms with Crippen molar-refractivity contribution in [2.45, 2.75) is 95.4 Å². The van der Waals surface area contributed by atoms with Gasteiger partial charge in [-0.25, -0.2) is 0 Å². The molecule has 73 heavy (non-hydrogen) atoms. The number of aliphatic imine (C=N–C) groups is 2. The molecule has 4 heterocycles. The SMILES string of the molecule is COc1cc2c(cc1OCc1cc(COc3cc4c(cc3OC)C(=O)N3c5ccccc5C[C@H]3C=N4)cc(NC(=O)[C@H](C)NC(=O)CCC(C)(C)SSCCCC(N)=O)c1)N=C[C@@H]1Cc3ccccc3N1C2=O. The Kier molecular flexibility index (Phi) is 15.1. The maximum Gasteiger partial charge on any atom is 0.261 e. The molecule has 0 radical (unpaired) electrons. The van der Waals surface area contributed by atoms with Crippen LogP contribution in [0, 0.1) is 0 Å². The molecule has 5 amide bonds. The lowest BCUT2D eigenvalue weighted by Gasteiger charge is -2.23. The largest absolute Gasteiger partial charge is 0.493 e. The Hall–Kier alpha value is -7.31. The predicted molar refractivity (Wildman–Crippen MR) is 287 cm³/mol. The number of nitrogens with zero attached hydrogens (tertiary/aromatic N) is 4. The van der Waals surface area contributed by atoms with Crippen LogP contribution in [0.3, 0.4) is 0 Å². The number of carbonyl (C=O) groups excluding carboxylic acids is 5. The highest BCUT2D eigenvalue weighted by Crippen LogP contribution is 2.44. The number of para-hydroxylation sites is 2. The maximum atomic E-state index is 14.1. The molecule has 5 aromatic carbocycles. The minimum Gasteiger partial charge on any atom is -0.493 e. The molecule has 0 unspecified atom stereocenters. The van der Waals surface area contributed by atoms with Gasteiger partial charge in [0.15, 0.2) is 23.0 Å². The number of benzene rings is 5. The van der Waals surface area contributed by atoms with Crippen molar-refractivity contribution in [2.24, 2.45) is 15.7 Å². The van der Waals surface area contributed by atoms with E-state index in [1.807, 2.05) is 54.6 Å². The average molecular weight is 1020 g/mol. The molecule has 0 aromatic heterocycles. The van der Waals surface area contributed by atoms with Crippen molar-refractivity contribution in [3.05, 3.63) is 124 Å². The normalized spacial score (nSPS) is 16.5. The number of fused-ring (bicyclic) bond motifs is 8. The molecule has 0 aliphatic carbocycles. The zero-order valence-electron chi connectivity index (χ0n) is 41.3. The van der Waals surface area contributed by atoms with E-state index in [-0.39, 0.29) is 60.1 Å². The van der Waals surface area contributed by atoms with Crippen molar-refractivity contribution in [1.82, 2.24) is 5.32 Å². The summed E-state index contributed by atoms with van der Waals surface area (Å²) < 4.78 is 24.2. The first-order valence-electron chi connectivity index (χ1n) is 24.1. The summed E-state index contributed by atoms with van der Waals surface area (Å²) in [6.07, 6.45) is 6.72. The van der Waals surface area contributed by atoms with Gasteiger partial charge < -0.3 is 35.3 Å². The number of hydrogen-bond acceptors (Lipinski definition) is 13. The second-order valence-electron chi connectivity index (χ2n) is 18.9. The molecule has 4 aliphatic rings. The van der Waals surface area contributed by atoms with E-state index in [0.29, 0.717) is 94.4 Å². The lowest BCUT2D eigenvalue weighted by Crippen LogP contribution is -2.42. The lowest BCUT2D eigenvalue weighted by molar-refractivity contribution is -0.126. The Labute approximate surface area is 431 Å². The lowest BCUT2D eigenvalue weighted by atomic mass is 10.1. The Morgan fingerprint density at radius 3 is 1.77 bits per heavy atom. The number of methoxy groups -OCH3 is 2. The zero-order chi connectivity index (χ0) is 51.4. The summed E-state index contributed by atoms with van der Waals surface area (Å²) in [6, 6.07) is 26.5. The van der Waals surface area contributed by atoms with Crippen LogP contribution in [0.25, 0.3) is 0 Å². The topological polar surface area (TPSA) is 204 Å². The third-order valence-electron chi connectivity index (χ3n) is 13.0. The van der Waals surface area contributed by atoms with Crippen LogP contribution < -0.4 is 45.1 Å². The summed E-state index contributed by atoms with van der Waals surface area (Å²) in [5.74, 6) is 0.770. The van der Waals surface area contributed by atoms with Gasteiger partial charge in [0.1, 0.15) is 19.3 Å². The molecule has 0 fully saturated rings. The first kappa shape index (κ1) is 50.6. The van der Waals surface area contributed by atoms with E-state index in [4.69, 9.17) is 34.7 Å². The summed E-state index contributed by atoms with van der Waals surface area (Å²) in [7, 11) is 6.32. The van der Waals surface area contributed by atoms with E-state index in [2.05, 4.69) is 24.5 Å². The van der Waals surface area contributed by atoms with Crippen molar-refractivity contribution in [1.29, 1.82) is 0 Å². The van der Waals surface area contributed by atoms with Crippen molar-refractivity contribution in [3.8, 4) is 23.0 Å². The first-order valence-corrected chi connectivity index (χ1v) is 26.4. The van der Waals surface area contributed by atoms with E-state index in [1.165, 1.54) is 14.2 Å². The number of nitrogens with two attached hydrogens (primary N) is 1. The van der Waals surface area contributed by atoms with E-state index in [0.717, 1.165) is 28.3 Å². The molecule has 5 aromatic rings. The Bertz CT molecular complexity index is 2890. The molecule has 0 saturated heterocycles. The molecule has 0 spiro atoms. The van der Waals surface area contributed by atoms with Crippen molar-refractivity contribution in [2.75, 3.05) is 35.1 Å². The van der Waals surface area contributed by atoms with Gasteiger partial charge in [0.05, 0.1) is 48.8 Å². The number of ether oxygens (including phenoxy) is 4. The van der Waals surface area contributed by atoms with Gasteiger partial charge in [0, 0.05) is 77.8 Å². The van der Waals surface area contributed by atoms with Gasteiger partial charge in [-0.1, -0.05) is 58.0 Å². The Balaban J connectivity index is 0.928. The second-order valence-corrected chi connectivity index (χ2v) is 22.0. The fraction of sp³-hybridized carbons (Fsp3) is 0.327. The maximum absolute atomic E-state index is 14.1. The zero-order valence-corrected chi connectivity index (χ0v) is 42.9. The van der Waals surface area contributed by atoms with Gasteiger partial charge in [-0.05, 0) is 98.3 Å². The molecule has 4 aliphatic heterocycles. The standard InChI is InChI=1S/C55H57N7O9S2/c1-32(59-51(64)16-17-55(2,3)73-72-18-10-15-50(56)63)52(65)60-37-20-33(30-70-48-26-42-40(24-46(48)68-4)53(66)61-38(28-57-42)22-35-11-6-8-13-44(35)61)19-34(21-37)31-71-49-27-43-41(25-47(49)69-5)54(67)62-39(29-58-43)23-36-12-7-9-14-45(36)62/h6-9,11-14,19-21,24-29,32,38-39H,10,15-18,22-23,30-31H2,1-5H3,(H2,56,63)(H,59,64)(H,60,65)/t32-,38-,39-/m0/s1. The summed E-state index contributed by atoms with van der Waals surface area (Å²) in [6.45, 7) is 5.75. The summed E-state index contributed by atoms with van der Waals surface area (Å²) in [5.41, 5.74) is 12.5. The van der Waals surface area contributed by atoms with Crippen LogP contribution in [-0.2, 0) is 40.4 Å². The molecule has 9 rings (SSSR count). The monoisotopic (exact) mass is 1020 g/mol. The van der Waals surface area contributed by atoms with Gasteiger partial charge in [-0.3, -0.25) is 43.8 Å². The third-order valence-corrected chi connectivity index (χ3v) is 16.5. The Morgan fingerprint density at radius 1 is 0.740 bits per heavy atom. The highest BCUT2D eigenvalue weighted by Gasteiger charge is 2.38. The minimum absolute atomic E-state index is 0.00888. The molecular weight excluding hydrogens is 967 g/mol. The van der Waals surface area contributed by atoms with Crippen LogP contribution in [0.5, 0.6) is 23.0 Å². The number of carbonyl (C=O) groups is 5. The van der Waals surface area contributed by atoms with E-state index in [1.54, 1.807) is 87.1 Å². The van der Waals surface area contributed by atoms with Crippen LogP contribution in [0.15, 0.2) is 101 Å². The number of anilines is 3. The Morgan fingerprint density at radius 2 is 1.26 bits per heavy atom. The highest BCUT2D eigenvalue weighted by molar-refractivity contribution is 8.77. The number of amides is 5. The van der Waals surface area contributed by atoms with E-state index < -0.39 is 11.9 Å². The van der Waals surface area contributed by atoms with Gasteiger partial charge in [0.25, 0.3) is 11.8 Å². The predicted octanol–water partition coefficient (Wildman–Crippen LogP) is 9.09. The van der Waals surface area contributed by atoms with E-state index in [9.17, 15) is 24.0 Å². The van der Waals surface area contributed by atoms with Crippen LogP contribution in [-0.4, -0.2) is 84.8 Å². The van der Waals surface area contributed by atoms with Gasteiger partial charge >= 0.3 is 0 Å². The molecule has 18 heteroatoms. The second kappa shape index (κ2) is 21.8. The molecule has 4 N–H and O–H groups in total. The number of nitrogens with one attached hydrogen (secondary N) is 2. The van der Waals surface area contributed by atoms with Gasteiger partial charge in [-0.15, -0.1) is 0 Å². The van der Waals surface area contributed by atoms with Crippen LogP contribution in [0.1, 0.15) is 89.4 Å². The van der Waals surface area contributed by atoms with E-state index >= 15 is 0 Å². The number of primary amides is 1. The van der Waals surface area contributed by atoms with Crippen LogP contribution >= 0.6 is 21.6 Å². The fourth-order valence-corrected chi connectivity index (χ4v) is 12.0. The number of rotatable bonds is 20. The summed E-state index contributed by atoms with van der Waals surface area (Å²) in [5, 5.41) is 5.81. The molecular formula is C55H57N7O9S2. The molecule has 3 atom stereocenters. The fourth-order valence-electron chi connectivity index (χ4n) is 9.29. The smallest absolute Gasteiger partial charge is 0.261 e. The van der Waals surface area contributed by atoms with Crippen LogP contribution in [0.2, 0.25) is 0 Å². The third kappa shape index (κ3) is 11.3. The quantitative estimate of drug-likeness (QED) is 0.0496. The number of hydrogen-bond donors (Lipinski definition) is 3. The van der Waals surface area contributed by atoms with Crippen LogP contribution in [0.4, 0.5) is 28.4 Å². The van der Waals surface area contributed by atoms with Crippen molar-refractivity contribution < 1.29 is 42.9 Å². The first-order chi connectivity index (χ1) is 35.2. The minimum atomic E-state index is -0.876.